The number of pyridine rings is 1. The van der Waals surface area contributed by atoms with Gasteiger partial charge in [-0.1, -0.05) is 17.7 Å². The molecule has 31 heavy (non-hydrogen) atoms. The average Bonchev–Trinajstić information content (AvgIpc) is 2.78. The van der Waals surface area contributed by atoms with Crippen molar-refractivity contribution in [1.29, 1.82) is 0 Å². The normalized spacial score (nSPS) is 11.3. The van der Waals surface area contributed by atoms with Gasteiger partial charge in [0.05, 0.1) is 31.0 Å². The zero-order valence-corrected chi connectivity index (χ0v) is 18.0. The largest absolute Gasteiger partial charge is 0.493 e. The molecule has 0 saturated heterocycles. The van der Waals surface area contributed by atoms with Crippen LogP contribution in [0.2, 0.25) is 0 Å². The molecule has 0 spiro atoms. The fourth-order valence-electron chi connectivity index (χ4n) is 3.02. The van der Waals surface area contributed by atoms with E-state index in [1.807, 2.05) is 25.1 Å². The Morgan fingerprint density at radius 1 is 0.871 bits per heavy atom. The van der Waals surface area contributed by atoms with Crippen LogP contribution in [0.4, 0.5) is 5.82 Å². The van der Waals surface area contributed by atoms with Crippen LogP contribution < -0.4 is 14.2 Å². The number of anilines is 1. The predicted molar refractivity (Wildman–Crippen MR) is 118 cm³/mol. The van der Waals surface area contributed by atoms with E-state index in [1.165, 1.54) is 6.20 Å². The monoisotopic (exact) mass is 436 g/mol. The maximum absolute atomic E-state index is 12.6. The van der Waals surface area contributed by atoms with Crippen LogP contribution in [-0.4, -0.2) is 37.6 Å². The summed E-state index contributed by atoms with van der Waals surface area (Å²) in [4.78, 5) is 13.3. The molecular formula is C22H20N4O4S. The number of aromatic nitrogens is 3. The summed E-state index contributed by atoms with van der Waals surface area (Å²) in [6.45, 7) is 1.89. The SMILES string of the molecule is COc1ccc(-c2ccc3ncc(NS(=O)(=O)c4ccc(C)cc4)nc3n2)cc1OC. The molecule has 2 aromatic carbocycles. The van der Waals surface area contributed by atoms with Crippen molar-refractivity contribution in [3.8, 4) is 22.8 Å². The van der Waals surface area contributed by atoms with Crippen molar-refractivity contribution in [1.82, 2.24) is 15.0 Å². The lowest BCUT2D eigenvalue weighted by molar-refractivity contribution is 0.355. The van der Waals surface area contributed by atoms with Gasteiger partial charge in [0.15, 0.2) is 23.0 Å². The first-order valence-electron chi connectivity index (χ1n) is 9.35. The highest BCUT2D eigenvalue weighted by Crippen LogP contribution is 2.32. The Hall–Kier alpha value is -3.72. The van der Waals surface area contributed by atoms with Gasteiger partial charge in [-0.2, -0.15) is 0 Å². The third kappa shape index (κ3) is 4.26. The van der Waals surface area contributed by atoms with Crippen molar-refractivity contribution < 1.29 is 17.9 Å². The smallest absolute Gasteiger partial charge is 0.263 e. The number of rotatable bonds is 6. The standard InChI is InChI=1S/C22H20N4O4S/c1-14-4-7-16(8-5-14)31(27,28)26-21-13-23-18-10-9-17(24-22(18)25-21)15-6-11-19(29-2)20(12-15)30-3/h4-13H,1-3H3,(H,24,25,26). The molecule has 0 unspecified atom stereocenters. The summed E-state index contributed by atoms with van der Waals surface area (Å²) in [5, 5.41) is 0. The molecule has 0 aliphatic carbocycles. The molecule has 2 heterocycles. The Morgan fingerprint density at radius 2 is 1.61 bits per heavy atom. The number of nitrogens with zero attached hydrogens (tertiary/aromatic N) is 3. The Labute approximate surface area is 180 Å². The van der Waals surface area contributed by atoms with Crippen molar-refractivity contribution in [3.05, 3.63) is 66.4 Å². The highest BCUT2D eigenvalue weighted by Gasteiger charge is 2.16. The van der Waals surface area contributed by atoms with Gasteiger partial charge in [0.1, 0.15) is 5.52 Å². The van der Waals surface area contributed by atoms with Gasteiger partial charge in [0, 0.05) is 5.56 Å². The van der Waals surface area contributed by atoms with Gasteiger partial charge in [0.25, 0.3) is 10.0 Å². The summed E-state index contributed by atoms with van der Waals surface area (Å²) >= 11 is 0. The van der Waals surface area contributed by atoms with Crippen molar-refractivity contribution in [2.75, 3.05) is 18.9 Å². The Balaban J connectivity index is 1.68. The molecule has 158 valence electrons. The van der Waals surface area contributed by atoms with Crippen LogP contribution in [-0.2, 0) is 10.0 Å². The van der Waals surface area contributed by atoms with E-state index in [0.29, 0.717) is 28.4 Å². The Morgan fingerprint density at radius 3 is 2.32 bits per heavy atom. The van der Waals surface area contributed by atoms with Crippen LogP contribution in [0.25, 0.3) is 22.4 Å². The highest BCUT2D eigenvalue weighted by atomic mass is 32.2. The van der Waals surface area contributed by atoms with Crippen molar-refractivity contribution >= 4 is 27.0 Å². The molecule has 0 amide bonds. The van der Waals surface area contributed by atoms with Gasteiger partial charge in [-0.15, -0.1) is 0 Å². The summed E-state index contributed by atoms with van der Waals surface area (Å²) in [7, 11) is -0.656. The van der Waals surface area contributed by atoms with Gasteiger partial charge in [-0.05, 0) is 49.4 Å². The third-order valence-corrected chi connectivity index (χ3v) is 6.03. The van der Waals surface area contributed by atoms with E-state index in [2.05, 4.69) is 19.7 Å². The van der Waals surface area contributed by atoms with E-state index >= 15 is 0 Å². The summed E-state index contributed by atoms with van der Waals surface area (Å²) in [6.07, 6.45) is 1.37. The van der Waals surface area contributed by atoms with Crippen molar-refractivity contribution in [2.24, 2.45) is 0 Å². The second-order valence-corrected chi connectivity index (χ2v) is 8.47. The minimum atomic E-state index is -3.79. The molecule has 1 N–H and O–H groups in total. The number of hydrogen-bond donors (Lipinski definition) is 1. The first-order valence-corrected chi connectivity index (χ1v) is 10.8. The highest BCUT2D eigenvalue weighted by molar-refractivity contribution is 7.92. The maximum Gasteiger partial charge on any atom is 0.263 e. The zero-order chi connectivity index (χ0) is 22.0. The number of nitrogens with one attached hydrogen (secondary N) is 1. The molecule has 2 aromatic heterocycles. The van der Waals surface area contributed by atoms with Crippen LogP contribution in [0.3, 0.4) is 0 Å². The van der Waals surface area contributed by atoms with Gasteiger partial charge in [-0.3, -0.25) is 4.72 Å². The summed E-state index contributed by atoms with van der Waals surface area (Å²) in [6, 6.07) is 15.6. The maximum atomic E-state index is 12.6. The second-order valence-electron chi connectivity index (χ2n) is 6.78. The van der Waals surface area contributed by atoms with Crippen LogP contribution in [0, 0.1) is 6.92 Å². The topological polar surface area (TPSA) is 103 Å². The van der Waals surface area contributed by atoms with E-state index in [1.54, 1.807) is 50.6 Å². The molecule has 0 radical (unpaired) electrons. The molecule has 0 atom stereocenters. The predicted octanol–water partition coefficient (Wildman–Crippen LogP) is 3.82. The second kappa shape index (κ2) is 8.19. The zero-order valence-electron chi connectivity index (χ0n) is 17.2. The molecule has 4 rings (SSSR count). The number of sulfonamides is 1. The molecule has 8 nitrogen and oxygen atoms in total. The summed E-state index contributed by atoms with van der Waals surface area (Å²) in [5.74, 6) is 1.28. The number of methoxy groups -OCH3 is 2. The third-order valence-electron chi connectivity index (χ3n) is 4.66. The molecular weight excluding hydrogens is 416 g/mol. The molecule has 0 saturated carbocycles. The summed E-state index contributed by atoms with van der Waals surface area (Å²) in [5.41, 5.74) is 3.27. The van der Waals surface area contributed by atoms with Crippen LogP contribution in [0.5, 0.6) is 11.5 Å². The minimum Gasteiger partial charge on any atom is -0.493 e. The van der Waals surface area contributed by atoms with Crippen LogP contribution in [0.15, 0.2) is 65.7 Å². The Kier molecular flexibility index (Phi) is 5.43. The molecule has 0 fully saturated rings. The fourth-order valence-corrected chi connectivity index (χ4v) is 4.00. The number of aryl methyl sites for hydroxylation is 1. The first-order chi connectivity index (χ1) is 14.9. The van der Waals surface area contributed by atoms with Crippen molar-refractivity contribution in [3.63, 3.8) is 0 Å². The molecule has 4 aromatic rings. The lowest BCUT2D eigenvalue weighted by Crippen LogP contribution is -2.14. The number of fused-ring (bicyclic) bond motifs is 1. The van der Waals surface area contributed by atoms with Crippen molar-refractivity contribution in [2.45, 2.75) is 11.8 Å². The number of benzene rings is 2. The summed E-state index contributed by atoms with van der Waals surface area (Å²) < 4.78 is 38.4. The molecule has 9 heteroatoms. The van der Waals surface area contributed by atoms with Crippen LogP contribution >= 0.6 is 0 Å². The number of hydrogen-bond acceptors (Lipinski definition) is 7. The van der Waals surface area contributed by atoms with Gasteiger partial charge >= 0.3 is 0 Å². The quantitative estimate of drug-likeness (QED) is 0.490. The van der Waals surface area contributed by atoms with E-state index in [0.717, 1.165) is 11.1 Å². The Bertz CT molecular complexity index is 1360. The van der Waals surface area contributed by atoms with E-state index < -0.39 is 10.0 Å². The molecule has 0 bridgehead atoms. The van der Waals surface area contributed by atoms with Crippen LogP contribution in [0.1, 0.15) is 5.56 Å². The average molecular weight is 436 g/mol. The lowest BCUT2D eigenvalue weighted by Gasteiger charge is -2.10. The minimum absolute atomic E-state index is 0.0880. The van der Waals surface area contributed by atoms with E-state index in [9.17, 15) is 8.42 Å². The lowest BCUT2D eigenvalue weighted by atomic mass is 10.1. The number of ether oxygens (including phenoxy) is 2. The fraction of sp³-hybridized carbons (Fsp3) is 0.136. The van der Waals surface area contributed by atoms with E-state index in [-0.39, 0.29) is 10.7 Å². The molecule has 0 aliphatic heterocycles. The first kappa shape index (κ1) is 20.5. The van der Waals surface area contributed by atoms with Gasteiger partial charge in [-0.25, -0.2) is 23.4 Å². The molecule has 0 aliphatic rings. The van der Waals surface area contributed by atoms with Gasteiger partial charge < -0.3 is 9.47 Å². The van der Waals surface area contributed by atoms with Gasteiger partial charge in [0.2, 0.25) is 0 Å². The van der Waals surface area contributed by atoms with E-state index in [4.69, 9.17) is 9.47 Å².